The Morgan fingerprint density at radius 3 is 2.41 bits per heavy atom. The van der Waals surface area contributed by atoms with Crippen LogP contribution in [-0.2, 0) is 16.6 Å². The highest BCUT2D eigenvalue weighted by Crippen LogP contribution is 2.13. The highest BCUT2D eigenvalue weighted by molar-refractivity contribution is 7.89. The Kier molecular flexibility index (Phi) is 4.38. The van der Waals surface area contributed by atoms with Gasteiger partial charge in [0, 0.05) is 18.3 Å². The molecule has 2 rings (SSSR count). The van der Waals surface area contributed by atoms with E-state index in [1.165, 1.54) is 41.1 Å². The van der Waals surface area contributed by atoms with E-state index in [1.807, 2.05) is 0 Å². The van der Waals surface area contributed by atoms with Crippen LogP contribution in [0.2, 0.25) is 0 Å². The minimum absolute atomic E-state index is 0.0526. The molecule has 0 aliphatic carbocycles. The number of amides is 1. The molecule has 0 atom stereocenters. The second-order valence-electron chi connectivity index (χ2n) is 4.40. The molecule has 0 saturated carbocycles. The van der Waals surface area contributed by atoms with Gasteiger partial charge in [-0.25, -0.2) is 18.2 Å². The summed E-state index contributed by atoms with van der Waals surface area (Å²) >= 11 is 0. The van der Waals surface area contributed by atoms with E-state index in [2.05, 4.69) is 10.4 Å². The Hall–Kier alpha value is -2.52. The van der Waals surface area contributed by atoms with Crippen LogP contribution in [0.25, 0.3) is 0 Å². The molecule has 0 fully saturated rings. The summed E-state index contributed by atoms with van der Waals surface area (Å²) in [6, 6.07) is 7.97. The van der Waals surface area contributed by atoms with E-state index >= 15 is 0 Å². The van der Waals surface area contributed by atoms with Crippen molar-refractivity contribution in [2.75, 3.05) is 5.32 Å². The predicted octanol–water partition coefficient (Wildman–Crippen LogP) is 0.163. The Balaban J connectivity index is 2.20. The molecule has 0 radical (unpaired) electrons. The highest BCUT2D eigenvalue weighted by Gasteiger charge is 2.11. The largest absolute Gasteiger partial charge is 0.321 e. The molecule has 22 heavy (non-hydrogen) atoms. The molecule has 8 nitrogen and oxygen atoms in total. The number of benzene rings is 1. The molecule has 116 valence electrons. The van der Waals surface area contributed by atoms with Crippen molar-refractivity contribution in [1.29, 1.82) is 0 Å². The van der Waals surface area contributed by atoms with Crippen molar-refractivity contribution in [2.24, 2.45) is 5.14 Å². The summed E-state index contributed by atoms with van der Waals surface area (Å²) < 4.78 is 23.4. The van der Waals surface area contributed by atoms with Gasteiger partial charge >= 0.3 is 0 Å². The lowest BCUT2D eigenvalue weighted by molar-refractivity contribution is 0.102. The zero-order valence-electron chi connectivity index (χ0n) is 11.7. The molecule has 1 amide bonds. The first-order valence-electron chi connectivity index (χ1n) is 6.33. The smallest absolute Gasteiger partial charge is 0.276 e. The first kappa shape index (κ1) is 15.9. The van der Waals surface area contributed by atoms with Crippen LogP contribution in [0.5, 0.6) is 0 Å². The standard InChI is InChI=1S/C13H14N4O4S/c1-2-17-12(18)8-7-11(16-17)13(19)15-9-3-5-10(6-4-9)22(14,20)21/h3-8H,2H2,1H3,(H,15,19)(H2,14,20,21). The van der Waals surface area contributed by atoms with E-state index in [9.17, 15) is 18.0 Å². The van der Waals surface area contributed by atoms with Gasteiger partial charge in [-0.15, -0.1) is 0 Å². The number of nitrogens with one attached hydrogen (secondary N) is 1. The molecule has 9 heteroatoms. The monoisotopic (exact) mass is 322 g/mol. The highest BCUT2D eigenvalue weighted by atomic mass is 32.2. The summed E-state index contributed by atoms with van der Waals surface area (Å²) in [5, 5.41) is 11.5. The number of carbonyl (C=O) groups is 1. The van der Waals surface area contributed by atoms with E-state index < -0.39 is 15.9 Å². The van der Waals surface area contributed by atoms with Gasteiger partial charge in [-0.1, -0.05) is 0 Å². The van der Waals surface area contributed by atoms with Gasteiger partial charge < -0.3 is 5.32 Å². The Labute approximate surface area is 126 Å². The number of rotatable bonds is 4. The van der Waals surface area contributed by atoms with Gasteiger partial charge in [0.15, 0.2) is 0 Å². The molecule has 0 spiro atoms. The molecule has 0 saturated heterocycles. The Morgan fingerprint density at radius 2 is 1.86 bits per heavy atom. The minimum Gasteiger partial charge on any atom is -0.321 e. The minimum atomic E-state index is -3.78. The van der Waals surface area contributed by atoms with Gasteiger partial charge in [-0.2, -0.15) is 5.10 Å². The number of carbonyl (C=O) groups excluding carboxylic acids is 1. The number of sulfonamides is 1. The first-order valence-corrected chi connectivity index (χ1v) is 7.88. The third kappa shape index (κ3) is 3.57. The van der Waals surface area contributed by atoms with Gasteiger partial charge in [-0.3, -0.25) is 9.59 Å². The zero-order valence-corrected chi connectivity index (χ0v) is 12.5. The number of nitrogens with two attached hydrogens (primary N) is 1. The fraction of sp³-hybridized carbons (Fsp3) is 0.154. The molecule has 0 bridgehead atoms. The predicted molar refractivity (Wildman–Crippen MR) is 79.9 cm³/mol. The van der Waals surface area contributed by atoms with Gasteiger partial charge in [-0.05, 0) is 37.3 Å². The fourth-order valence-corrected chi connectivity index (χ4v) is 2.24. The van der Waals surface area contributed by atoms with Crippen molar-refractivity contribution in [3.05, 3.63) is 52.4 Å². The molecule has 1 aromatic carbocycles. The van der Waals surface area contributed by atoms with Crippen molar-refractivity contribution in [1.82, 2.24) is 9.78 Å². The van der Waals surface area contributed by atoms with Crippen LogP contribution in [0.3, 0.4) is 0 Å². The molecule has 1 aromatic heterocycles. The molecule has 3 N–H and O–H groups in total. The second kappa shape index (κ2) is 6.08. The summed E-state index contributed by atoms with van der Waals surface area (Å²) in [7, 11) is -3.78. The summed E-state index contributed by atoms with van der Waals surface area (Å²) in [5.41, 5.74) is 0.168. The fourth-order valence-electron chi connectivity index (χ4n) is 1.72. The van der Waals surface area contributed by atoms with Crippen molar-refractivity contribution < 1.29 is 13.2 Å². The van der Waals surface area contributed by atoms with Gasteiger partial charge in [0.2, 0.25) is 10.0 Å². The number of primary sulfonamides is 1. The van der Waals surface area contributed by atoms with Crippen molar-refractivity contribution >= 4 is 21.6 Å². The molecule has 2 aromatic rings. The van der Waals surface area contributed by atoms with Crippen LogP contribution < -0.4 is 16.0 Å². The number of anilines is 1. The van der Waals surface area contributed by atoms with E-state index in [4.69, 9.17) is 5.14 Å². The van der Waals surface area contributed by atoms with Crippen molar-refractivity contribution in [2.45, 2.75) is 18.4 Å². The maximum atomic E-state index is 12.0. The topological polar surface area (TPSA) is 124 Å². The van der Waals surface area contributed by atoms with E-state index in [1.54, 1.807) is 6.92 Å². The van der Waals surface area contributed by atoms with Gasteiger partial charge in [0.25, 0.3) is 11.5 Å². The van der Waals surface area contributed by atoms with Crippen LogP contribution in [0.15, 0.2) is 46.1 Å². The maximum Gasteiger partial charge on any atom is 0.276 e. The molecule has 0 unspecified atom stereocenters. The maximum absolute atomic E-state index is 12.0. The first-order chi connectivity index (χ1) is 10.3. The van der Waals surface area contributed by atoms with Crippen LogP contribution in [0, 0.1) is 0 Å². The quantitative estimate of drug-likeness (QED) is 0.830. The van der Waals surface area contributed by atoms with E-state index in [0.29, 0.717) is 12.2 Å². The number of hydrogen-bond acceptors (Lipinski definition) is 5. The lowest BCUT2D eigenvalue weighted by Gasteiger charge is -2.07. The van der Waals surface area contributed by atoms with Crippen LogP contribution >= 0.6 is 0 Å². The third-order valence-electron chi connectivity index (χ3n) is 2.84. The zero-order chi connectivity index (χ0) is 16.3. The molecule has 0 aliphatic heterocycles. The van der Waals surface area contributed by atoms with E-state index in [0.717, 1.165) is 0 Å². The van der Waals surface area contributed by atoms with Crippen LogP contribution in [-0.4, -0.2) is 24.1 Å². The molecular weight excluding hydrogens is 308 g/mol. The average molecular weight is 322 g/mol. The molecule has 1 heterocycles. The lowest BCUT2D eigenvalue weighted by atomic mass is 10.3. The number of hydrogen-bond donors (Lipinski definition) is 2. The summed E-state index contributed by atoms with van der Waals surface area (Å²) in [6.45, 7) is 2.09. The number of aryl methyl sites for hydroxylation is 1. The summed E-state index contributed by atoms with van der Waals surface area (Å²) in [6.07, 6.45) is 0. The third-order valence-corrected chi connectivity index (χ3v) is 3.77. The average Bonchev–Trinajstić information content (AvgIpc) is 2.47. The van der Waals surface area contributed by atoms with Crippen molar-refractivity contribution in [3.8, 4) is 0 Å². The Morgan fingerprint density at radius 1 is 1.23 bits per heavy atom. The van der Waals surface area contributed by atoms with Gasteiger partial charge in [0.1, 0.15) is 5.69 Å². The summed E-state index contributed by atoms with van der Waals surface area (Å²) in [5.74, 6) is -0.509. The Bertz CT molecular complexity index is 856. The van der Waals surface area contributed by atoms with Crippen LogP contribution in [0.4, 0.5) is 5.69 Å². The summed E-state index contributed by atoms with van der Waals surface area (Å²) in [4.78, 5) is 23.4. The molecule has 0 aliphatic rings. The molecular formula is C13H14N4O4S. The lowest BCUT2D eigenvalue weighted by Crippen LogP contribution is -2.25. The number of nitrogens with zero attached hydrogens (tertiary/aromatic N) is 2. The number of aromatic nitrogens is 2. The van der Waals surface area contributed by atoms with E-state index in [-0.39, 0.29) is 16.1 Å². The SMILES string of the molecule is CCn1nc(C(=O)Nc2ccc(S(N)(=O)=O)cc2)ccc1=O. The normalized spacial score (nSPS) is 11.2. The van der Waals surface area contributed by atoms with Crippen LogP contribution in [0.1, 0.15) is 17.4 Å². The van der Waals surface area contributed by atoms with Crippen molar-refractivity contribution in [3.63, 3.8) is 0 Å². The second-order valence-corrected chi connectivity index (χ2v) is 5.96. The van der Waals surface area contributed by atoms with Gasteiger partial charge in [0.05, 0.1) is 4.90 Å².